The highest BCUT2D eigenvalue weighted by atomic mass is 16.6. The molecule has 4 nitrogen and oxygen atoms in total. The molecule has 0 aliphatic heterocycles. The van der Waals surface area contributed by atoms with Gasteiger partial charge in [0.05, 0.1) is 17.7 Å². The number of H-pyrrole nitrogens is 1. The van der Waals surface area contributed by atoms with E-state index in [0.717, 1.165) is 5.69 Å². The standard InChI is InChI=1S/C11H18N2O2/c1-5-11(3,4)9-8(12-7-13-9)10(14)15-6-2/h5,7,10,14H,1,6H2,2-4H3,(H,12,13). The number of imidazole rings is 1. The number of hydrogen-bond acceptors (Lipinski definition) is 3. The minimum Gasteiger partial charge on any atom is -0.363 e. The summed E-state index contributed by atoms with van der Waals surface area (Å²) in [5.74, 6) is 0. The molecular formula is C11H18N2O2. The fraction of sp³-hybridized carbons (Fsp3) is 0.545. The maximum Gasteiger partial charge on any atom is 0.198 e. The zero-order valence-corrected chi connectivity index (χ0v) is 9.45. The third kappa shape index (κ3) is 2.46. The van der Waals surface area contributed by atoms with E-state index < -0.39 is 6.29 Å². The fourth-order valence-electron chi connectivity index (χ4n) is 1.34. The van der Waals surface area contributed by atoms with E-state index in [0.29, 0.717) is 12.3 Å². The monoisotopic (exact) mass is 210 g/mol. The Morgan fingerprint density at radius 2 is 2.40 bits per heavy atom. The first-order valence-electron chi connectivity index (χ1n) is 5.00. The van der Waals surface area contributed by atoms with E-state index in [1.54, 1.807) is 12.4 Å². The lowest BCUT2D eigenvalue weighted by atomic mass is 9.88. The quantitative estimate of drug-likeness (QED) is 0.576. The lowest BCUT2D eigenvalue weighted by Gasteiger charge is -2.20. The number of aliphatic hydroxyl groups excluding tert-OH is 1. The van der Waals surface area contributed by atoms with Crippen LogP contribution in [0.15, 0.2) is 19.0 Å². The summed E-state index contributed by atoms with van der Waals surface area (Å²) in [7, 11) is 0. The Hall–Kier alpha value is -1.13. The smallest absolute Gasteiger partial charge is 0.198 e. The maximum atomic E-state index is 9.72. The summed E-state index contributed by atoms with van der Waals surface area (Å²) in [5, 5.41) is 9.72. The van der Waals surface area contributed by atoms with E-state index in [4.69, 9.17) is 4.74 Å². The number of ether oxygens (including phenoxy) is 1. The highest BCUT2D eigenvalue weighted by Crippen LogP contribution is 2.28. The molecule has 1 rings (SSSR count). The Labute approximate surface area is 90.0 Å². The van der Waals surface area contributed by atoms with Crippen LogP contribution in [0.4, 0.5) is 0 Å². The molecule has 0 aliphatic carbocycles. The molecule has 0 bridgehead atoms. The topological polar surface area (TPSA) is 58.1 Å². The predicted octanol–water partition coefficient (Wildman–Crippen LogP) is 1.90. The average molecular weight is 210 g/mol. The summed E-state index contributed by atoms with van der Waals surface area (Å²) in [5.41, 5.74) is 1.08. The van der Waals surface area contributed by atoms with Crippen molar-refractivity contribution in [1.29, 1.82) is 0 Å². The van der Waals surface area contributed by atoms with Crippen LogP contribution in [0, 0.1) is 0 Å². The highest BCUT2D eigenvalue weighted by molar-refractivity contribution is 5.26. The number of allylic oxidation sites excluding steroid dienone is 1. The normalized spacial score (nSPS) is 13.9. The molecule has 1 heterocycles. The van der Waals surface area contributed by atoms with Crippen molar-refractivity contribution < 1.29 is 9.84 Å². The van der Waals surface area contributed by atoms with Crippen molar-refractivity contribution in [1.82, 2.24) is 9.97 Å². The van der Waals surface area contributed by atoms with E-state index in [2.05, 4.69) is 16.5 Å². The average Bonchev–Trinajstić information content (AvgIpc) is 2.67. The third-order valence-electron chi connectivity index (χ3n) is 2.36. The van der Waals surface area contributed by atoms with Gasteiger partial charge in [0.25, 0.3) is 0 Å². The predicted molar refractivity (Wildman–Crippen MR) is 58.4 cm³/mol. The fourth-order valence-corrected chi connectivity index (χ4v) is 1.34. The van der Waals surface area contributed by atoms with Gasteiger partial charge in [0.1, 0.15) is 0 Å². The molecule has 1 aromatic rings. The summed E-state index contributed by atoms with van der Waals surface area (Å²) in [6.07, 6.45) is 2.40. The van der Waals surface area contributed by atoms with Gasteiger partial charge in [0, 0.05) is 12.0 Å². The largest absolute Gasteiger partial charge is 0.363 e. The summed E-state index contributed by atoms with van der Waals surface area (Å²) in [6, 6.07) is 0. The number of rotatable bonds is 5. The molecule has 0 aliphatic rings. The summed E-state index contributed by atoms with van der Waals surface area (Å²) >= 11 is 0. The van der Waals surface area contributed by atoms with E-state index in [-0.39, 0.29) is 5.41 Å². The Kier molecular flexibility index (Phi) is 3.66. The summed E-state index contributed by atoms with van der Waals surface area (Å²) in [4.78, 5) is 7.09. The van der Waals surface area contributed by atoms with Crippen LogP contribution in [0.1, 0.15) is 38.4 Å². The minimum atomic E-state index is -0.952. The molecule has 0 amide bonds. The number of hydrogen-bond donors (Lipinski definition) is 2. The molecule has 1 atom stereocenters. The molecule has 0 aromatic carbocycles. The number of nitrogens with one attached hydrogen (secondary N) is 1. The van der Waals surface area contributed by atoms with Crippen LogP contribution < -0.4 is 0 Å². The van der Waals surface area contributed by atoms with Gasteiger partial charge >= 0.3 is 0 Å². The number of aliphatic hydroxyl groups is 1. The van der Waals surface area contributed by atoms with Crippen molar-refractivity contribution in [2.24, 2.45) is 0 Å². The van der Waals surface area contributed by atoms with Crippen LogP contribution in [0.25, 0.3) is 0 Å². The molecule has 0 saturated carbocycles. The lowest BCUT2D eigenvalue weighted by Crippen LogP contribution is -2.18. The second-order valence-electron chi connectivity index (χ2n) is 3.90. The van der Waals surface area contributed by atoms with Crippen molar-refractivity contribution in [3.05, 3.63) is 30.4 Å². The van der Waals surface area contributed by atoms with Gasteiger partial charge in [0.15, 0.2) is 6.29 Å². The Morgan fingerprint density at radius 3 is 2.93 bits per heavy atom. The van der Waals surface area contributed by atoms with E-state index in [1.165, 1.54) is 0 Å². The van der Waals surface area contributed by atoms with Crippen LogP contribution in [-0.2, 0) is 10.2 Å². The second-order valence-corrected chi connectivity index (χ2v) is 3.90. The van der Waals surface area contributed by atoms with Gasteiger partial charge in [-0.1, -0.05) is 19.9 Å². The van der Waals surface area contributed by atoms with E-state index >= 15 is 0 Å². The Bertz CT molecular complexity index is 331. The molecule has 0 fully saturated rings. The molecule has 1 aromatic heterocycles. The second kappa shape index (κ2) is 4.59. The van der Waals surface area contributed by atoms with Gasteiger partial charge in [0.2, 0.25) is 0 Å². The lowest BCUT2D eigenvalue weighted by molar-refractivity contribution is -0.101. The van der Waals surface area contributed by atoms with Crippen molar-refractivity contribution in [2.75, 3.05) is 6.61 Å². The molecular weight excluding hydrogens is 192 g/mol. The SMILES string of the molecule is C=CC(C)(C)c1nc[nH]c1C(O)OCC. The first kappa shape index (κ1) is 11.9. The zero-order valence-electron chi connectivity index (χ0n) is 9.45. The first-order chi connectivity index (χ1) is 7.03. The Balaban J connectivity index is 3.01. The maximum absolute atomic E-state index is 9.72. The van der Waals surface area contributed by atoms with Gasteiger partial charge < -0.3 is 14.8 Å². The molecule has 4 heteroatoms. The van der Waals surface area contributed by atoms with Crippen molar-refractivity contribution in [3.63, 3.8) is 0 Å². The van der Waals surface area contributed by atoms with Gasteiger partial charge in [-0.25, -0.2) is 4.98 Å². The molecule has 15 heavy (non-hydrogen) atoms. The molecule has 1 unspecified atom stereocenters. The van der Waals surface area contributed by atoms with Crippen LogP contribution in [0.2, 0.25) is 0 Å². The summed E-state index contributed by atoms with van der Waals surface area (Å²) < 4.78 is 5.12. The van der Waals surface area contributed by atoms with Gasteiger partial charge in [-0.15, -0.1) is 6.58 Å². The van der Waals surface area contributed by atoms with E-state index in [9.17, 15) is 5.11 Å². The molecule has 2 N–H and O–H groups in total. The van der Waals surface area contributed by atoms with Gasteiger partial charge in [-0.3, -0.25) is 0 Å². The van der Waals surface area contributed by atoms with Crippen LogP contribution >= 0.6 is 0 Å². The van der Waals surface area contributed by atoms with Gasteiger partial charge in [-0.05, 0) is 6.92 Å². The number of aromatic amines is 1. The van der Waals surface area contributed by atoms with Crippen molar-refractivity contribution in [2.45, 2.75) is 32.5 Å². The number of aromatic nitrogens is 2. The minimum absolute atomic E-state index is 0.284. The van der Waals surface area contributed by atoms with Crippen LogP contribution in [0.5, 0.6) is 0 Å². The Morgan fingerprint density at radius 1 is 1.73 bits per heavy atom. The van der Waals surface area contributed by atoms with Gasteiger partial charge in [-0.2, -0.15) is 0 Å². The number of nitrogens with zero attached hydrogens (tertiary/aromatic N) is 1. The summed E-state index contributed by atoms with van der Waals surface area (Å²) in [6.45, 7) is 10.0. The molecule has 0 saturated heterocycles. The van der Waals surface area contributed by atoms with Crippen LogP contribution in [0.3, 0.4) is 0 Å². The molecule has 0 spiro atoms. The molecule has 84 valence electrons. The third-order valence-corrected chi connectivity index (χ3v) is 2.36. The van der Waals surface area contributed by atoms with Crippen molar-refractivity contribution >= 4 is 0 Å². The van der Waals surface area contributed by atoms with E-state index in [1.807, 2.05) is 20.8 Å². The van der Waals surface area contributed by atoms with Crippen LogP contribution in [-0.4, -0.2) is 21.7 Å². The first-order valence-corrected chi connectivity index (χ1v) is 5.00. The molecule has 0 radical (unpaired) electrons. The van der Waals surface area contributed by atoms with Crippen molar-refractivity contribution in [3.8, 4) is 0 Å². The zero-order chi connectivity index (χ0) is 11.5. The highest BCUT2D eigenvalue weighted by Gasteiger charge is 2.26.